The number of carboxylic acid groups (broad SMARTS) is 1. The van der Waals surface area contributed by atoms with Crippen molar-refractivity contribution in [1.82, 2.24) is 0 Å². The van der Waals surface area contributed by atoms with Crippen LogP contribution in [0.3, 0.4) is 0 Å². The van der Waals surface area contributed by atoms with E-state index in [1.165, 1.54) is 0 Å². The number of nitrogens with two attached hydrogens (primary N) is 4. The Bertz CT molecular complexity index is 180. The molecule has 8 heteroatoms. The van der Waals surface area contributed by atoms with E-state index in [4.69, 9.17) is 22.0 Å². The summed E-state index contributed by atoms with van der Waals surface area (Å²) in [5.41, 5.74) is 18.6. The van der Waals surface area contributed by atoms with Gasteiger partial charge in [-0.25, -0.2) is 4.99 Å². The minimum atomic E-state index is -1.04. The maximum Gasteiger partial charge on any atom is 0.325 e. The first-order chi connectivity index (χ1) is 5.36. The number of carboxylic acids is 1. The van der Waals surface area contributed by atoms with Crippen LogP contribution < -0.4 is 22.9 Å². The van der Waals surface area contributed by atoms with Gasteiger partial charge in [-0.05, 0) is 0 Å². The Morgan fingerprint density at radius 2 is 1.67 bits per heavy atom. The van der Waals surface area contributed by atoms with Gasteiger partial charge in [-0.1, -0.05) is 0 Å². The van der Waals surface area contributed by atoms with Crippen LogP contribution in [0.1, 0.15) is 0 Å². The van der Waals surface area contributed by atoms with Gasteiger partial charge in [0, 0.05) is 0 Å². The first-order valence-electron chi connectivity index (χ1n) is 2.73. The van der Waals surface area contributed by atoms with E-state index in [0.717, 1.165) is 0 Å². The number of aliphatic imine (C=N–C) groups is 1. The highest BCUT2D eigenvalue weighted by atomic mass is 16.4. The molecule has 0 aromatic heterocycles. The number of hydrogen-bond acceptors (Lipinski definition) is 3. The maximum atomic E-state index is 9.69. The van der Waals surface area contributed by atoms with Crippen molar-refractivity contribution in [2.45, 2.75) is 0 Å². The molecule has 70 valence electrons. The highest BCUT2D eigenvalue weighted by Gasteiger charge is 1.90. The largest absolute Gasteiger partial charge is 0.480 e. The summed E-state index contributed by atoms with van der Waals surface area (Å²) in [7, 11) is 0. The first kappa shape index (κ1) is 12.7. The number of carbonyl (C=O) groups is 1. The summed E-state index contributed by atoms with van der Waals surface area (Å²) in [6, 6.07) is 0. The maximum absolute atomic E-state index is 9.69. The SMILES string of the molecule is N=C(N)N.NC(N)=NCC(=O)O. The quantitative estimate of drug-likeness (QED) is 0.195. The molecule has 0 rings (SSSR count). The van der Waals surface area contributed by atoms with Gasteiger partial charge < -0.3 is 28.0 Å². The molecule has 0 aromatic rings. The second kappa shape index (κ2) is 7.12. The molecule has 0 bridgehead atoms. The van der Waals surface area contributed by atoms with Gasteiger partial charge in [0.2, 0.25) is 0 Å². The number of aliphatic carboxylic acids is 1. The Kier molecular flexibility index (Phi) is 7.52. The van der Waals surface area contributed by atoms with Crippen molar-refractivity contribution >= 4 is 17.9 Å². The van der Waals surface area contributed by atoms with Crippen LogP contribution in [0.4, 0.5) is 0 Å². The zero-order chi connectivity index (χ0) is 10.1. The first-order valence-corrected chi connectivity index (χ1v) is 2.73. The van der Waals surface area contributed by atoms with Crippen molar-refractivity contribution in [2.24, 2.45) is 27.9 Å². The predicted molar refractivity (Wildman–Crippen MR) is 44.4 cm³/mol. The molecule has 10 N–H and O–H groups in total. The fourth-order valence-corrected chi connectivity index (χ4v) is 0.159. The second-order valence-electron chi connectivity index (χ2n) is 1.59. The molecule has 0 aliphatic rings. The molecule has 8 nitrogen and oxygen atoms in total. The van der Waals surface area contributed by atoms with Crippen molar-refractivity contribution in [3.63, 3.8) is 0 Å². The molecule has 0 aliphatic carbocycles. The lowest BCUT2D eigenvalue weighted by atomic mass is 10.7. The van der Waals surface area contributed by atoms with Gasteiger partial charge in [0.25, 0.3) is 0 Å². The van der Waals surface area contributed by atoms with Crippen molar-refractivity contribution in [2.75, 3.05) is 6.54 Å². The summed E-state index contributed by atoms with van der Waals surface area (Å²) >= 11 is 0. The summed E-state index contributed by atoms with van der Waals surface area (Å²) in [5, 5.41) is 14.0. The molecule has 0 amide bonds. The van der Waals surface area contributed by atoms with E-state index >= 15 is 0 Å². The minimum absolute atomic E-state index is 0.201. The van der Waals surface area contributed by atoms with Gasteiger partial charge >= 0.3 is 5.97 Å². The van der Waals surface area contributed by atoms with Crippen LogP contribution in [0.15, 0.2) is 4.99 Å². The summed E-state index contributed by atoms with van der Waals surface area (Å²) < 4.78 is 0. The molecule has 0 heterocycles. The van der Waals surface area contributed by atoms with E-state index in [1.54, 1.807) is 0 Å². The van der Waals surface area contributed by atoms with E-state index < -0.39 is 5.97 Å². The number of hydrogen-bond donors (Lipinski definition) is 6. The lowest BCUT2D eigenvalue weighted by Gasteiger charge is -1.85. The zero-order valence-corrected chi connectivity index (χ0v) is 6.32. The third kappa shape index (κ3) is 43.4. The van der Waals surface area contributed by atoms with E-state index in [0.29, 0.717) is 0 Å². The number of nitrogens with one attached hydrogen (secondary N) is 1. The Labute approximate surface area is 68.7 Å². The van der Waals surface area contributed by atoms with Gasteiger partial charge in [-0.15, -0.1) is 0 Å². The topological polar surface area (TPSA) is 178 Å². The average Bonchev–Trinajstić information content (AvgIpc) is 1.82. The fourth-order valence-electron chi connectivity index (χ4n) is 0.159. The molecule has 0 fully saturated rings. The van der Waals surface area contributed by atoms with E-state index in [1.807, 2.05) is 0 Å². The highest BCUT2D eigenvalue weighted by molar-refractivity contribution is 5.79. The molecule has 0 aliphatic heterocycles. The third-order valence-corrected chi connectivity index (χ3v) is 0.397. The van der Waals surface area contributed by atoms with Gasteiger partial charge in [0.1, 0.15) is 6.54 Å². The van der Waals surface area contributed by atoms with Gasteiger partial charge in [-0.2, -0.15) is 0 Å². The van der Waals surface area contributed by atoms with Gasteiger partial charge in [-0.3, -0.25) is 10.2 Å². The van der Waals surface area contributed by atoms with Crippen LogP contribution in [0.2, 0.25) is 0 Å². The number of guanidine groups is 2. The molecule has 0 spiro atoms. The molecule has 0 atom stereocenters. The van der Waals surface area contributed by atoms with Crippen LogP contribution in [-0.2, 0) is 4.79 Å². The molecule has 12 heavy (non-hydrogen) atoms. The van der Waals surface area contributed by atoms with Crippen molar-refractivity contribution in [1.29, 1.82) is 5.41 Å². The highest BCUT2D eigenvalue weighted by Crippen LogP contribution is 1.65. The van der Waals surface area contributed by atoms with Gasteiger partial charge in [0.05, 0.1) is 0 Å². The predicted octanol–water partition coefficient (Wildman–Crippen LogP) is -2.82. The van der Waals surface area contributed by atoms with Crippen LogP contribution in [0.5, 0.6) is 0 Å². The second-order valence-corrected chi connectivity index (χ2v) is 1.59. The lowest BCUT2D eigenvalue weighted by Crippen LogP contribution is -2.24. The normalized spacial score (nSPS) is 7.33. The minimum Gasteiger partial charge on any atom is -0.480 e. The van der Waals surface area contributed by atoms with Crippen LogP contribution in [-0.4, -0.2) is 29.5 Å². The molecular formula is C4H12N6O2. The van der Waals surface area contributed by atoms with Crippen molar-refractivity contribution in [3.8, 4) is 0 Å². The summed E-state index contributed by atoms with van der Waals surface area (Å²) in [6.45, 7) is -0.359. The molecule has 0 saturated carbocycles. The molecule has 0 radical (unpaired) electrons. The summed E-state index contributed by atoms with van der Waals surface area (Å²) in [5.74, 6) is -1.58. The molecule has 0 aromatic carbocycles. The standard InChI is InChI=1S/C3H7N3O2.CH5N3/c4-3(5)6-1-2(7)8;2-1(3)4/h1H2,(H,7,8)(H4,4,5,6);(H5,2,3,4). The number of rotatable bonds is 2. The summed E-state index contributed by atoms with van der Waals surface area (Å²) in [6.07, 6.45) is 0. The van der Waals surface area contributed by atoms with Crippen molar-refractivity contribution < 1.29 is 9.90 Å². The Hall–Kier alpha value is -1.99. The van der Waals surface area contributed by atoms with E-state index in [9.17, 15) is 4.79 Å². The van der Waals surface area contributed by atoms with Crippen LogP contribution >= 0.6 is 0 Å². The smallest absolute Gasteiger partial charge is 0.325 e. The molecule has 0 saturated heterocycles. The molecule has 0 unspecified atom stereocenters. The fraction of sp³-hybridized carbons (Fsp3) is 0.250. The van der Waals surface area contributed by atoms with E-state index in [-0.39, 0.29) is 18.5 Å². The Morgan fingerprint density at radius 1 is 1.33 bits per heavy atom. The van der Waals surface area contributed by atoms with Crippen molar-refractivity contribution in [3.05, 3.63) is 0 Å². The Morgan fingerprint density at radius 3 is 1.75 bits per heavy atom. The third-order valence-electron chi connectivity index (χ3n) is 0.397. The zero-order valence-electron chi connectivity index (χ0n) is 6.32. The van der Waals surface area contributed by atoms with Crippen LogP contribution in [0, 0.1) is 5.41 Å². The lowest BCUT2D eigenvalue weighted by molar-refractivity contribution is -0.135. The van der Waals surface area contributed by atoms with Gasteiger partial charge in [0.15, 0.2) is 11.9 Å². The van der Waals surface area contributed by atoms with Crippen LogP contribution in [0.25, 0.3) is 0 Å². The molecular weight excluding hydrogens is 164 g/mol. The average molecular weight is 176 g/mol. The Balaban J connectivity index is 0. The number of nitrogens with zero attached hydrogens (tertiary/aromatic N) is 1. The van der Waals surface area contributed by atoms with E-state index in [2.05, 4.69) is 16.5 Å². The monoisotopic (exact) mass is 176 g/mol. The summed E-state index contributed by atoms with van der Waals surface area (Å²) in [4.78, 5) is 12.9.